The Hall–Kier alpha value is -3.13. The number of hydrogen-bond acceptors (Lipinski definition) is 7. The smallest absolute Gasteiger partial charge is 0.251 e. The molecule has 2 aromatic rings. The summed E-state index contributed by atoms with van der Waals surface area (Å²) >= 11 is 0. The fourth-order valence-corrected chi connectivity index (χ4v) is 5.27. The number of rotatable bonds is 14. The molecule has 1 aromatic carbocycles. The standard InChI is InChI=1S/C30H43N5O4S/c1-6-7-11-14-31-20-27(36)26(16-23-12-9-8-10-13-23)33-30(37)24-17-28(32-19-25-15-22(25)4)34-29(18-24)35(5)40(38,39)21(2)3/h8-10,12-13,17-18,21-22,25-27,31,36H,6,14-16,19-20H2,1-5H3,(H,32,34)(H,33,37)/t22-,25+,26-,27+/m0/s1. The van der Waals surface area contributed by atoms with Crippen molar-refractivity contribution in [2.24, 2.45) is 11.8 Å². The number of hydrogen-bond donors (Lipinski definition) is 4. The Morgan fingerprint density at radius 1 is 1.20 bits per heavy atom. The van der Waals surface area contributed by atoms with Gasteiger partial charge in [-0.2, -0.15) is 0 Å². The molecule has 1 amide bonds. The lowest BCUT2D eigenvalue weighted by Gasteiger charge is -2.25. The van der Waals surface area contributed by atoms with Gasteiger partial charge in [0.15, 0.2) is 0 Å². The Labute approximate surface area is 239 Å². The summed E-state index contributed by atoms with van der Waals surface area (Å²) in [6.45, 7) is 8.75. The van der Waals surface area contributed by atoms with E-state index in [2.05, 4.69) is 39.7 Å². The van der Waals surface area contributed by atoms with Crippen LogP contribution in [0, 0.1) is 23.7 Å². The molecule has 3 rings (SSSR count). The van der Waals surface area contributed by atoms with E-state index in [9.17, 15) is 18.3 Å². The fourth-order valence-electron chi connectivity index (χ4n) is 4.28. The average molecular weight is 570 g/mol. The van der Waals surface area contributed by atoms with Crippen molar-refractivity contribution in [2.75, 3.05) is 36.3 Å². The van der Waals surface area contributed by atoms with Gasteiger partial charge in [0.1, 0.15) is 11.6 Å². The fraction of sp³-hybridized carbons (Fsp3) is 0.533. The summed E-state index contributed by atoms with van der Waals surface area (Å²) in [4.78, 5) is 18.1. The highest BCUT2D eigenvalue weighted by molar-refractivity contribution is 7.93. The number of nitrogens with one attached hydrogen (secondary N) is 3. The molecular weight excluding hydrogens is 526 g/mol. The zero-order chi connectivity index (χ0) is 29.3. The molecule has 1 saturated carbocycles. The third kappa shape index (κ3) is 8.95. The first-order valence-corrected chi connectivity index (χ1v) is 15.5. The third-order valence-corrected chi connectivity index (χ3v) is 9.29. The quantitative estimate of drug-likeness (QED) is 0.204. The average Bonchev–Trinajstić information content (AvgIpc) is 3.65. The molecule has 1 aliphatic carbocycles. The second kappa shape index (κ2) is 14.5. The van der Waals surface area contributed by atoms with Gasteiger partial charge in [-0.15, -0.1) is 5.92 Å². The lowest BCUT2D eigenvalue weighted by Crippen LogP contribution is -2.48. The monoisotopic (exact) mass is 569 g/mol. The summed E-state index contributed by atoms with van der Waals surface area (Å²) in [6.07, 6.45) is 1.42. The van der Waals surface area contributed by atoms with E-state index < -0.39 is 33.3 Å². The molecule has 1 fully saturated rings. The first-order chi connectivity index (χ1) is 19.0. The molecule has 40 heavy (non-hydrogen) atoms. The van der Waals surface area contributed by atoms with Crippen molar-refractivity contribution in [3.05, 3.63) is 53.6 Å². The summed E-state index contributed by atoms with van der Waals surface area (Å²) in [7, 11) is -2.21. The number of sulfonamides is 1. The highest BCUT2D eigenvalue weighted by atomic mass is 32.2. The molecule has 0 unspecified atom stereocenters. The van der Waals surface area contributed by atoms with Crippen LogP contribution in [0.5, 0.6) is 0 Å². The number of anilines is 2. The van der Waals surface area contributed by atoms with Gasteiger partial charge >= 0.3 is 0 Å². The van der Waals surface area contributed by atoms with Gasteiger partial charge in [0.05, 0.1) is 23.9 Å². The van der Waals surface area contributed by atoms with Gasteiger partial charge in [0.25, 0.3) is 5.91 Å². The number of pyridine rings is 1. The van der Waals surface area contributed by atoms with Crippen LogP contribution in [0.25, 0.3) is 0 Å². The highest BCUT2D eigenvalue weighted by Gasteiger charge is 2.32. The van der Waals surface area contributed by atoms with E-state index >= 15 is 0 Å². The number of nitrogens with zero attached hydrogens (tertiary/aromatic N) is 2. The molecule has 0 saturated heterocycles. The largest absolute Gasteiger partial charge is 0.390 e. The highest BCUT2D eigenvalue weighted by Crippen LogP contribution is 2.37. The molecule has 4 atom stereocenters. The third-order valence-electron chi connectivity index (χ3n) is 7.14. The summed E-state index contributed by atoms with van der Waals surface area (Å²) in [5.74, 6) is 7.29. The normalized spacial score (nSPS) is 17.9. The first-order valence-electron chi connectivity index (χ1n) is 14.0. The Kier molecular flexibility index (Phi) is 11.4. The number of aliphatic hydroxyl groups excluding tert-OH is 1. The van der Waals surface area contributed by atoms with E-state index in [0.29, 0.717) is 37.2 Å². The van der Waals surface area contributed by atoms with Crippen LogP contribution in [-0.2, 0) is 16.4 Å². The van der Waals surface area contributed by atoms with Crippen molar-refractivity contribution >= 4 is 27.6 Å². The van der Waals surface area contributed by atoms with Crippen molar-refractivity contribution in [3.63, 3.8) is 0 Å². The minimum Gasteiger partial charge on any atom is -0.390 e. The number of aliphatic hydroxyl groups is 1. The lowest BCUT2D eigenvalue weighted by molar-refractivity contribution is 0.0832. The van der Waals surface area contributed by atoms with Gasteiger partial charge in [-0.05, 0) is 56.2 Å². The number of carbonyl (C=O) groups is 1. The van der Waals surface area contributed by atoms with Crippen molar-refractivity contribution in [1.82, 2.24) is 15.6 Å². The minimum absolute atomic E-state index is 0.156. The molecule has 0 aliphatic heterocycles. The predicted molar refractivity (Wildman–Crippen MR) is 161 cm³/mol. The van der Waals surface area contributed by atoms with Crippen LogP contribution in [0.2, 0.25) is 0 Å². The predicted octanol–water partition coefficient (Wildman–Crippen LogP) is 3.03. The van der Waals surface area contributed by atoms with Crippen LogP contribution < -0.4 is 20.3 Å². The van der Waals surface area contributed by atoms with Crippen molar-refractivity contribution < 1.29 is 18.3 Å². The zero-order valence-electron chi connectivity index (χ0n) is 24.1. The number of benzene rings is 1. The van der Waals surface area contributed by atoms with E-state index in [1.807, 2.05) is 37.3 Å². The van der Waals surface area contributed by atoms with Crippen LogP contribution in [0.15, 0.2) is 42.5 Å². The molecule has 9 nitrogen and oxygen atoms in total. The SMILES string of the molecule is CCC#CCNC[C@@H](O)[C@H](Cc1ccccc1)NC(=O)c1cc(NC[C@H]2C[C@@H]2C)nc(N(C)S(=O)(=O)C(C)C)c1. The van der Waals surface area contributed by atoms with E-state index in [-0.39, 0.29) is 17.9 Å². The maximum Gasteiger partial charge on any atom is 0.251 e. The van der Waals surface area contributed by atoms with Crippen molar-refractivity contribution in [1.29, 1.82) is 0 Å². The van der Waals surface area contributed by atoms with Gasteiger partial charge in [-0.1, -0.05) is 50.1 Å². The minimum atomic E-state index is -3.66. The summed E-state index contributed by atoms with van der Waals surface area (Å²) in [5.41, 5.74) is 1.23. The molecule has 0 radical (unpaired) electrons. The van der Waals surface area contributed by atoms with Crippen molar-refractivity contribution in [2.45, 2.75) is 64.4 Å². The van der Waals surface area contributed by atoms with Gasteiger partial charge in [-0.3, -0.25) is 9.10 Å². The van der Waals surface area contributed by atoms with Crippen LogP contribution >= 0.6 is 0 Å². The molecule has 4 N–H and O–H groups in total. The molecule has 10 heteroatoms. The molecule has 0 bridgehead atoms. The van der Waals surface area contributed by atoms with Crippen molar-refractivity contribution in [3.8, 4) is 11.8 Å². The van der Waals surface area contributed by atoms with E-state index in [4.69, 9.17) is 0 Å². The maximum absolute atomic E-state index is 13.6. The molecule has 218 valence electrons. The Bertz CT molecular complexity index is 1290. The molecular formula is C30H43N5O4S. The summed E-state index contributed by atoms with van der Waals surface area (Å²) in [5, 5.41) is 19.8. The second-order valence-electron chi connectivity index (χ2n) is 10.7. The zero-order valence-corrected chi connectivity index (χ0v) is 25.0. The Balaban J connectivity index is 1.85. The number of carbonyl (C=O) groups excluding carboxylic acids is 1. The van der Waals surface area contributed by atoms with Gasteiger partial charge in [0, 0.05) is 32.1 Å². The van der Waals surface area contributed by atoms with Crippen LogP contribution in [0.4, 0.5) is 11.6 Å². The summed E-state index contributed by atoms with van der Waals surface area (Å²) in [6, 6.07) is 12.1. The topological polar surface area (TPSA) is 124 Å². The van der Waals surface area contributed by atoms with Gasteiger partial charge < -0.3 is 21.1 Å². The van der Waals surface area contributed by atoms with Crippen LogP contribution in [0.3, 0.4) is 0 Å². The molecule has 1 aliphatic rings. The first kappa shape index (κ1) is 31.4. The van der Waals surface area contributed by atoms with Gasteiger partial charge in [-0.25, -0.2) is 13.4 Å². The molecule has 1 heterocycles. The number of amides is 1. The maximum atomic E-state index is 13.6. The lowest BCUT2D eigenvalue weighted by atomic mass is 10.0. The van der Waals surface area contributed by atoms with Gasteiger partial charge in [0.2, 0.25) is 10.0 Å². The second-order valence-corrected chi connectivity index (χ2v) is 13.2. The Morgan fingerprint density at radius 3 is 2.52 bits per heavy atom. The summed E-state index contributed by atoms with van der Waals surface area (Å²) < 4.78 is 26.9. The van der Waals surface area contributed by atoms with E-state index in [0.717, 1.165) is 22.7 Å². The van der Waals surface area contributed by atoms with E-state index in [1.165, 1.54) is 13.1 Å². The number of aromatic nitrogens is 1. The molecule has 0 spiro atoms. The van der Waals surface area contributed by atoms with Crippen LogP contribution in [0.1, 0.15) is 56.5 Å². The Morgan fingerprint density at radius 2 is 1.90 bits per heavy atom. The molecule has 1 aromatic heterocycles. The van der Waals surface area contributed by atoms with Crippen LogP contribution in [-0.4, -0.2) is 68.5 Å². The van der Waals surface area contributed by atoms with E-state index in [1.54, 1.807) is 19.9 Å².